The fourth-order valence-electron chi connectivity index (χ4n) is 2.77. The molecule has 0 saturated carbocycles. The molecular weight excluding hydrogens is 410 g/mol. The van der Waals surface area contributed by atoms with Crippen molar-refractivity contribution in [1.82, 2.24) is 20.1 Å². The van der Waals surface area contributed by atoms with Gasteiger partial charge in [0.25, 0.3) is 0 Å². The lowest BCUT2D eigenvalue weighted by atomic mass is 10.1. The number of nitrogens with zero attached hydrogens (tertiary/aromatic N) is 3. The number of nitrogens with two attached hydrogens (primary N) is 1. The van der Waals surface area contributed by atoms with Crippen molar-refractivity contribution in [1.29, 1.82) is 0 Å². The van der Waals surface area contributed by atoms with Crippen LogP contribution in [-0.2, 0) is 4.79 Å². The highest BCUT2D eigenvalue weighted by molar-refractivity contribution is 8.00. The number of hydrogen-bond acceptors (Lipinski definition) is 5. The fraction of sp³-hybridized carbons (Fsp3) is 0.200. The molecule has 1 aromatic heterocycles. The van der Waals surface area contributed by atoms with Crippen LogP contribution in [0.1, 0.15) is 18.1 Å². The van der Waals surface area contributed by atoms with Gasteiger partial charge in [0.2, 0.25) is 5.91 Å². The van der Waals surface area contributed by atoms with Gasteiger partial charge in [-0.15, -0.1) is 10.2 Å². The van der Waals surface area contributed by atoms with E-state index in [0.29, 0.717) is 16.0 Å². The standard InChI is InChI=1S/C20H20ClN5O2S/c1-11-7-8-12(2)16(9-11)26-17(14-5-4-6-15(21)10-14)24-25-20(26)29-13(3)18(27)23-19(22)28/h4-10,13H,1-3H3,(H3,22,23,27,28). The van der Waals surface area contributed by atoms with Crippen LogP contribution in [0.5, 0.6) is 0 Å². The van der Waals surface area contributed by atoms with Crippen LogP contribution in [0.3, 0.4) is 0 Å². The minimum absolute atomic E-state index is 0.498. The topological polar surface area (TPSA) is 103 Å². The van der Waals surface area contributed by atoms with Gasteiger partial charge in [-0.1, -0.05) is 47.6 Å². The number of carbonyl (C=O) groups excluding carboxylic acids is 2. The van der Waals surface area contributed by atoms with Gasteiger partial charge in [0.15, 0.2) is 11.0 Å². The lowest BCUT2D eigenvalue weighted by Gasteiger charge is -2.15. The number of aryl methyl sites for hydroxylation is 2. The molecule has 0 aliphatic heterocycles. The smallest absolute Gasteiger partial charge is 0.318 e. The molecule has 7 nitrogen and oxygen atoms in total. The maximum atomic E-state index is 12.1. The minimum atomic E-state index is -0.891. The number of aromatic nitrogens is 3. The summed E-state index contributed by atoms with van der Waals surface area (Å²) in [6.07, 6.45) is 0. The van der Waals surface area contributed by atoms with E-state index in [9.17, 15) is 9.59 Å². The monoisotopic (exact) mass is 429 g/mol. The molecule has 3 amide bonds. The summed E-state index contributed by atoms with van der Waals surface area (Å²) in [7, 11) is 0. The molecule has 0 aliphatic rings. The van der Waals surface area contributed by atoms with E-state index >= 15 is 0 Å². The average Bonchev–Trinajstić information content (AvgIpc) is 3.06. The van der Waals surface area contributed by atoms with Crippen molar-refractivity contribution in [2.45, 2.75) is 31.2 Å². The predicted octanol–water partition coefficient (Wildman–Crippen LogP) is 3.88. The van der Waals surface area contributed by atoms with Gasteiger partial charge in [0, 0.05) is 10.6 Å². The minimum Gasteiger partial charge on any atom is -0.351 e. The van der Waals surface area contributed by atoms with Crippen LogP contribution >= 0.6 is 23.4 Å². The van der Waals surface area contributed by atoms with E-state index in [4.69, 9.17) is 17.3 Å². The van der Waals surface area contributed by atoms with Gasteiger partial charge >= 0.3 is 6.03 Å². The first-order chi connectivity index (χ1) is 13.8. The Kier molecular flexibility index (Phi) is 6.24. The Balaban J connectivity index is 2.11. The first-order valence-electron chi connectivity index (χ1n) is 8.82. The zero-order chi connectivity index (χ0) is 21.1. The Morgan fingerprint density at radius 2 is 1.93 bits per heavy atom. The van der Waals surface area contributed by atoms with Crippen LogP contribution in [-0.4, -0.2) is 32.0 Å². The lowest BCUT2D eigenvalue weighted by molar-refractivity contribution is -0.119. The third-order valence-electron chi connectivity index (χ3n) is 4.22. The van der Waals surface area contributed by atoms with Crippen molar-refractivity contribution in [3.8, 4) is 17.1 Å². The second-order valence-corrected chi connectivity index (χ2v) is 8.30. The van der Waals surface area contributed by atoms with E-state index in [1.807, 2.05) is 54.8 Å². The first kappa shape index (κ1) is 20.9. The van der Waals surface area contributed by atoms with Gasteiger partial charge in [-0.05, 0) is 50.1 Å². The van der Waals surface area contributed by atoms with Gasteiger partial charge in [0.1, 0.15) is 0 Å². The normalized spacial score (nSPS) is 11.9. The van der Waals surface area contributed by atoms with Gasteiger partial charge in [-0.2, -0.15) is 0 Å². The summed E-state index contributed by atoms with van der Waals surface area (Å²) in [6, 6.07) is 12.5. The fourth-order valence-corrected chi connectivity index (χ4v) is 3.82. The van der Waals surface area contributed by atoms with Gasteiger partial charge in [-0.25, -0.2) is 4.79 Å². The molecule has 3 rings (SSSR count). The van der Waals surface area contributed by atoms with Crippen molar-refractivity contribution < 1.29 is 9.59 Å². The number of carbonyl (C=O) groups is 2. The molecule has 3 N–H and O–H groups in total. The lowest BCUT2D eigenvalue weighted by Crippen LogP contribution is -2.39. The van der Waals surface area contributed by atoms with E-state index < -0.39 is 17.2 Å². The summed E-state index contributed by atoms with van der Waals surface area (Å²) in [6.45, 7) is 5.67. The SMILES string of the molecule is Cc1ccc(C)c(-n2c(SC(C)C(=O)NC(N)=O)nnc2-c2cccc(Cl)c2)c1. The average molecular weight is 430 g/mol. The molecule has 0 bridgehead atoms. The predicted molar refractivity (Wildman–Crippen MR) is 114 cm³/mol. The number of urea groups is 1. The van der Waals surface area contributed by atoms with Crippen molar-refractivity contribution in [2.24, 2.45) is 5.73 Å². The number of amides is 3. The molecular formula is C20H20ClN5O2S. The summed E-state index contributed by atoms with van der Waals surface area (Å²) in [4.78, 5) is 23.1. The molecule has 29 heavy (non-hydrogen) atoms. The van der Waals surface area contributed by atoms with Crippen LogP contribution in [0, 0.1) is 13.8 Å². The molecule has 3 aromatic rings. The third-order valence-corrected chi connectivity index (χ3v) is 5.50. The van der Waals surface area contributed by atoms with E-state index in [1.54, 1.807) is 13.0 Å². The molecule has 1 atom stereocenters. The number of imide groups is 1. The highest BCUT2D eigenvalue weighted by Crippen LogP contribution is 2.32. The van der Waals surface area contributed by atoms with Gasteiger partial charge in [0.05, 0.1) is 10.9 Å². The zero-order valence-electron chi connectivity index (χ0n) is 16.1. The Morgan fingerprint density at radius 1 is 1.17 bits per heavy atom. The quantitative estimate of drug-likeness (QED) is 0.599. The first-order valence-corrected chi connectivity index (χ1v) is 10.1. The number of benzene rings is 2. The summed E-state index contributed by atoms with van der Waals surface area (Å²) >= 11 is 7.36. The molecule has 0 spiro atoms. The van der Waals surface area contributed by atoms with Gasteiger partial charge in [-0.3, -0.25) is 14.7 Å². The van der Waals surface area contributed by atoms with E-state index in [0.717, 1.165) is 22.4 Å². The van der Waals surface area contributed by atoms with Crippen molar-refractivity contribution in [2.75, 3.05) is 0 Å². The summed E-state index contributed by atoms with van der Waals surface area (Å²) in [5.41, 5.74) is 8.85. The Labute approximate surface area is 177 Å². The summed E-state index contributed by atoms with van der Waals surface area (Å²) in [5, 5.41) is 11.2. The molecule has 0 radical (unpaired) electrons. The Morgan fingerprint density at radius 3 is 2.62 bits per heavy atom. The molecule has 150 valence electrons. The second kappa shape index (κ2) is 8.67. The van der Waals surface area contributed by atoms with Crippen LogP contribution in [0.4, 0.5) is 4.79 Å². The molecule has 1 heterocycles. The molecule has 2 aromatic carbocycles. The number of nitrogens with one attached hydrogen (secondary N) is 1. The molecule has 0 fully saturated rings. The highest BCUT2D eigenvalue weighted by Gasteiger charge is 2.23. The summed E-state index contributed by atoms with van der Waals surface area (Å²) < 4.78 is 1.90. The van der Waals surface area contributed by atoms with Crippen LogP contribution in [0.15, 0.2) is 47.6 Å². The highest BCUT2D eigenvalue weighted by atomic mass is 35.5. The number of hydrogen-bond donors (Lipinski definition) is 2. The van der Waals surface area contributed by atoms with Crippen molar-refractivity contribution in [3.63, 3.8) is 0 Å². The van der Waals surface area contributed by atoms with E-state index in [2.05, 4.69) is 15.5 Å². The van der Waals surface area contributed by atoms with Crippen LogP contribution in [0.25, 0.3) is 17.1 Å². The van der Waals surface area contributed by atoms with Crippen LogP contribution < -0.4 is 11.1 Å². The number of primary amides is 1. The van der Waals surface area contributed by atoms with Crippen molar-refractivity contribution in [3.05, 3.63) is 58.6 Å². The Hall–Kier alpha value is -2.84. The number of thioether (sulfide) groups is 1. The largest absolute Gasteiger partial charge is 0.351 e. The maximum absolute atomic E-state index is 12.1. The second-order valence-electron chi connectivity index (χ2n) is 6.56. The molecule has 0 saturated heterocycles. The summed E-state index contributed by atoms with van der Waals surface area (Å²) in [5.74, 6) is 0.105. The molecule has 1 unspecified atom stereocenters. The zero-order valence-corrected chi connectivity index (χ0v) is 17.7. The van der Waals surface area contributed by atoms with E-state index in [1.165, 1.54) is 11.8 Å². The molecule has 0 aliphatic carbocycles. The Bertz CT molecular complexity index is 1080. The third kappa shape index (κ3) is 4.78. The number of rotatable bonds is 5. The maximum Gasteiger partial charge on any atom is 0.318 e. The van der Waals surface area contributed by atoms with Crippen LogP contribution in [0.2, 0.25) is 5.02 Å². The van der Waals surface area contributed by atoms with Gasteiger partial charge < -0.3 is 5.73 Å². The number of halogens is 1. The van der Waals surface area contributed by atoms with E-state index in [-0.39, 0.29) is 0 Å². The molecule has 9 heteroatoms. The van der Waals surface area contributed by atoms with Crippen molar-refractivity contribution >= 4 is 35.3 Å².